The molecule has 0 aliphatic carbocycles. The highest BCUT2D eigenvalue weighted by Crippen LogP contribution is 2.31. The molecule has 0 saturated carbocycles. The van der Waals surface area contributed by atoms with Crippen LogP contribution in [-0.4, -0.2) is 17.6 Å². The van der Waals surface area contributed by atoms with E-state index in [4.69, 9.17) is 0 Å². The Labute approximate surface area is 95.6 Å². The van der Waals surface area contributed by atoms with Crippen LogP contribution >= 0.6 is 15.9 Å². The SMILES string of the molecule is O=Cc1ncc(F)c(CBr)c1OC(F)(F)F. The predicted octanol–water partition coefficient (Wildman–Crippen LogP) is 2.83. The summed E-state index contributed by atoms with van der Waals surface area (Å²) < 4.78 is 52.7. The molecule has 0 unspecified atom stereocenters. The molecule has 1 aromatic heterocycles. The molecular weight excluding hydrogens is 298 g/mol. The molecule has 8 heteroatoms. The van der Waals surface area contributed by atoms with E-state index in [1.54, 1.807) is 0 Å². The van der Waals surface area contributed by atoms with Crippen molar-refractivity contribution in [2.24, 2.45) is 0 Å². The fourth-order valence-corrected chi connectivity index (χ4v) is 1.49. The third-order valence-electron chi connectivity index (χ3n) is 1.58. The van der Waals surface area contributed by atoms with Crippen LogP contribution in [0.3, 0.4) is 0 Å². The Kier molecular flexibility index (Phi) is 3.84. The summed E-state index contributed by atoms with van der Waals surface area (Å²) in [6.45, 7) is 0. The highest BCUT2D eigenvalue weighted by atomic mass is 79.9. The number of ether oxygens (including phenoxy) is 1. The molecule has 16 heavy (non-hydrogen) atoms. The summed E-state index contributed by atoms with van der Waals surface area (Å²) in [5.41, 5.74) is -1.01. The van der Waals surface area contributed by atoms with E-state index in [1.165, 1.54) is 0 Å². The summed E-state index contributed by atoms with van der Waals surface area (Å²) in [7, 11) is 0. The molecule has 0 aromatic carbocycles. The molecule has 3 nitrogen and oxygen atoms in total. The highest BCUT2D eigenvalue weighted by Gasteiger charge is 2.34. The van der Waals surface area contributed by atoms with Gasteiger partial charge in [0, 0.05) is 10.9 Å². The van der Waals surface area contributed by atoms with E-state index < -0.39 is 29.2 Å². The highest BCUT2D eigenvalue weighted by molar-refractivity contribution is 9.08. The third kappa shape index (κ3) is 2.91. The standard InChI is InChI=1S/C8H4BrF4NO2/c9-1-4-5(10)2-14-6(3-15)7(4)16-8(11,12)13/h2-3H,1H2. The van der Waals surface area contributed by atoms with E-state index in [1.807, 2.05) is 0 Å². The van der Waals surface area contributed by atoms with Crippen LogP contribution in [0.25, 0.3) is 0 Å². The summed E-state index contributed by atoms with van der Waals surface area (Å²) in [4.78, 5) is 13.6. The maximum Gasteiger partial charge on any atom is 0.573 e. The van der Waals surface area contributed by atoms with Crippen molar-refractivity contribution in [1.82, 2.24) is 4.98 Å². The second kappa shape index (κ2) is 4.77. The predicted molar refractivity (Wildman–Crippen MR) is 48.9 cm³/mol. The second-order valence-electron chi connectivity index (χ2n) is 2.60. The van der Waals surface area contributed by atoms with Gasteiger partial charge in [0.25, 0.3) is 0 Å². The van der Waals surface area contributed by atoms with Gasteiger partial charge < -0.3 is 4.74 Å². The molecule has 0 radical (unpaired) electrons. The van der Waals surface area contributed by atoms with Gasteiger partial charge in [0.15, 0.2) is 12.0 Å². The van der Waals surface area contributed by atoms with Gasteiger partial charge in [-0.2, -0.15) is 0 Å². The van der Waals surface area contributed by atoms with Gasteiger partial charge in [0.2, 0.25) is 0 Å². The molecule has 0 aliphatic rings. The van der Waals surface area contributed by atoms with E-state index in [0.29, 0.717) is 6.20 Å². The van der Waals surface area contributed by atoms with Crippen LogP contribution in [-0.2, 0) is 5.33 Å². The van der Waals surface area contributed by atoms with Gasteiger partial charge >= 0.3 is 6.36 Å². The maximum absolute atomic E-state index is 13.1. The number of aromatic nitrogens is 1. The van der Waals surface area contributed by atoms with Gasteiger partial charge in [0.05, 0.1) is 6.20 Å². The number of pyridine rings is 1. The summed E-state index contributed by atoms with van der Waals surface area (Å²) in [5.74, 6) is -1.90. The van der Waals surface area contributed by atoms with Crippen LogP contribution in [0.15, 0.2) is 6.20 Å². The zero-order chi connectivity index (χ0) is 12.3. The first-order chi connectivity index (χ1) is 7.39. The minimum Gasteiger partial charge on any atom is -0.403 e. The number of nitrogens with zero attached hydrogens (tertiary/aromatic N) is 1. The second-order valence-corrected chi connectivity index (χ2v) is 3.16. The van der Waals surface area contributed by atoms with Gasteiger partial charge in [-0.1, -0.05) is 15.9 Å². The van der Waals surface area contributed by atoms with Crippen LogP contribution in [0.1, 0.15) is 16.1 Å². The molecule has 1 heterocycles. The lowest BCUT2D eigenvalue weighted by atomic mass is 10.2. The Hall–Kier alpha value is -1.18. The van der Waals surface area contributed by atoms with Crippen LogP contribution < -0.4 is 4.74 Å². The lowest BCUT2D eigenvalue weighted by Crippen LogP contribution is -2.20. The van der Waals surface area contributed by atoms with Crippen LogP contribution in [0.4, 0.5) is 17.6 Å². The molecule has 0 fully saturated rings. The number of halogens is 5. The number of rotatable bonds is 3. The first-order valence-corrected chi connectivity index (χ1v) is 4.95. The van der Waals surface area contributed by atoms with Gasteiger partial charge in [-0.05, 0) is 0 Å². The first kappa shape index (κ1) is 12.9. The van der Waals surface area contributed by atoms with E-state index in [2.05, 4.69) is 25.7 Å². The fraction of sp³-hybridized carbons (Fsp3) is 0.250. The Morgan fingerprint density at radius 1 is 1.50 bits per heavy atom. The number of aldehydes is 1. The van der Waals surface area contributed by atoms with E-state index in [0.717, 1.165) is 0 Å². The summed E-state index contributed by atoms with van der Waals surface area (Å²) in [6, 6.07) is 0. The van der Waals surface area contributed by atoms with Crippen molar-refractivity contribution in [3.05, 3.63) is 23.3 Å². The number of hydrogen-bond acceptors (Lipinski definition) is 3. The van der Waals surface area contributed by atoms with Gasteiger partial charge in [0.1, 0.15) is 11.5 Å². The van der Waals surface area contributed by atoms with Crippen molar-refractivity contribution in [3.63, 3.8) is 0 Å². The smallest absolute Gasteiger partial charge is 0.403 e. The van der Waals surface area contributed by atoms with E-state index in [9.17, 15) is 22.4 Å². The van der Waals surface area contributed by atoms with Gasteiger partial charge in [-0.25, -0.2) is 9.37 Å². The van der Waals surface area contributed by atoms with Crippen molar-refractivity contribution in [1.29, 1.82) is 0 Å². The largest absolute Gasteiger partial charge is 0.573 e. The number of hydrogen-bond donors (Lipinski definition) is 0. The molecule has 0 atom stereocenters. The lowest BCUT2D eigenvalue weighted by molar-refractivity contribution is -0.275. The molecule has 0 amide bonds. The molecule has 0 bridgehead atoms. The average Bonchev–Trinajstić information content (AvgIpc) is 2.16. The quantitative estimate of drug-likeness (QED) is 0.489. The number of alkyl halides is 4. The Morgan fingerprint density at radius 3 is 2.56 bits per heavy atom. The average molecular weight is 302 g/mol. The molecule has 0 N–H and O–H groups in total. The van der Waals surface area contributed by atoms with Crippen molar-refractivity contribution in [2.45, 2.75) is 11.7 Å². The van der Waals surface area contributed by atoms with Crippen molar-refractivity contribution >= 4 is 22.2 Å². The summed E-state index contributed by atoms with van der Waals surface area (Å²) in [6.07, 6.45) is -4.29. The zero-order valence-corrected chi connectivity index (χ0v) is 9.10. The molecule has 1 aromatic rings. The fourth-order valence-electron chi connectivity index (χ4n) is 0.964. The molecule has 1 rings (SSSR count). The zero-order valence-electron chi connectivity index (χ0n) is 7.52. The normalized spacial score (nSPS) is 11.3. The molecule has 0 saturated heterocycles. The Morgan fingerprint density at radius 2 is 2.12 bits per heavy atom. The van der Waals surface area contributed by atoms with Crippen molar-refractivity contribution in [2.75, 3.05) is 0 Å². The van der Waals surface area contributed by atoms with Crippen molar-refractivity contribution in [3.8, 4) is 5.75 Å². The van der Waals surface area contributed by atoms with E-state index in [-0.39, 0.29) is 11.6 Å². The van der Waals surface area contributed by atoms with Crippen LogP contribution in [0.5, 0.6) is 5.75 Å². The van der Waals surface area contributed by atoms with Gasteiger partial charge in [-0.3, -0.25) is 4.79 Å². The molecular formula is C8H4BrF4NO2. The summed E-state index contributed by atoms with van der Waals surface area (Å²) >= 11 is 2.80. The van der Waals surface area contributed by atoms with Crippen LogP contribution in [0, 0.1) is 5.82 Å². The number of carbonyl (C=O) groups excluding carboxylic acids is 1. The maximum atomic E-state index is 13.1. The molecule has 0 spiro atoms. The molecule has 88 valence electrons. The third-order valence-corrected chi connectivity index (χ3v) is 2.14. The first-order valence-electron chi connectivity index (χ1n) is 3.83. The van der Waals surface area contributed by atoms with E-state index >= 15 is 0 Å². The lowest BCUT2D eigenvalue weighted by Gasteiger charge is -2.13. The monoisotopic (exact) mass is 301 g/mol. The minimum absolute atomic E-state index is 0.0622. The van der Waals surface area contributed by atoms with Gasteiger partial charge in [-0.15, -0.1) is 13.2 Å². The topological polar surface area (TPSA) is 39.2 Å². The molecule has 0 aliphatic heterocycles. The van der Waals surface area contributed by atoms with Crippen LogP contribution in [0.2, 0.25) is 0 Å². The minimum atomic E-state index is -5.01. The summed E-state index contributed by atoms with van der Waals surface area (Å²) in [5, 5.41) is -0.229. The Balaban J connectivity index is 3.31. The Bertz CT molecular complexity index is 408. The number of carbonyl (C=O) groups is 1. The van der Waals surface area contributed by atoms with Crippen molar-refractivity contribution < 1.29 is 27.1 Å².